The number of ether oxygens (including phenoxy) is 1. The van der Waals surface area contributed by atoms with E-state index in [4.69, 9.17) is 4.74 Å². The van der Waals surface area contributed by atoms with Crippen LogP contribution < -0.4 is 0 Å². The SMILES string of the molecule is COCc1ccc2c(c1)C(c1c[nH]c3c(O)cccc13)N(S(=O)(=O)N(C)C)C=C2. The summed E-state index contributed by atoms with van der Waals surface area (Å²) in [6.45, 7) is 0.429. The summed E-state index contributed by atoms with van der Waals surface area (Å²) in [5.41, 5.74) is 4.10. The average molecular weight is 413 g/mol. The fourth-order valence-corrected chi connectivity index (χ4v) is 4.82. The zero-order valence-electron chi connectivity index (χ0n) is 16.5. The first kappa shape index (κ1) is 19.5. The summed E-state index contributed by atoms with van der Waals surface area (Å²) in [5, 5.41) is 11.0. The highest BCUT2D eigenvalue weighted by Crippen LogP contribution is 2.42. The van der Waals surface area contributed by atoms with Crippen molar-refractivity contribution in [2.75, 3.05) is 21.2 Å². The van der Waals surface area contributed by atoms with Crippen LogP contribution in [-0.2, 0) is 21.6 Å². The summed E-state index contributed by atoms with van der Waals surface area (Å²) in [4.78, 5) is 3.09. The number of hydrogen-bond acceptors (Lipinski definition) is 4. The Labute approximate surface area is 170 Å². The van der Waals surface area contributed by atoms with Gasteiger partial charge in [-0.05, 0) is 28.8 Å². The summed E-state index contributed by atoms with van der Waals surface area (Å²) in [7, 11) is 0.902. The Kier molecular flexibility index (Phi) is 4.85. The smallest absolute Gasteiger partial charge is 0.303 e. The third-order valence-electron chi connectivity index (χ3n) is 5.16. The van der Waals surface area contributed by atoms with Crippen molar-refractivity contribution in [3.05, 3.63) is 71.0 Å². The van der Waals surface area contributed by atoms with Gasteiger partial charge in [-0.25, -0.2) is 0 Å². The second-order valence-corrected chi connectivity index (χ2v) is 9.23. The Balaban J connectivity index is 1.98. The molecule has 29 heavy (non-hydrogen) atoms. The number of phenolic OH excluding ortho intramolecular Hbond substituents is 1. The van der Waals surface area contributed by atoms with Gasteiger partial charge in [0.15, 0.2) is 0 Å². The molecule has 0 radical (unpaired) electrons. The van der Waals surface area contributed by atoms with Crippen LogP contribution in [0.2, 0.25) is 0 Å². The van der Waals surface area contributed by atoms with E-state index >= 15 is 0 Å². The van der Waals surface area contributed by atoms with Crippen molar-refractivity contribution in [2.24, 2.45) is 0 Å². The second kappa shape index (κ2) is 7.22. The van der Waals surface area contributed by atoms with Crippen LogP contribution in [0, 0.1) is 0 Å². The van der Waals surface area contributed by atoms with E-state index in [1.165, 1.54) is 22.7 Å². The van der Waals surface area contributed by atoms with Crippen molar-refractivity contribution in [1.29, 1.82) is 0 Å². The second-order valence-electron chi connectivity index (χ2n) is 7.18. The molecule has 1 aliphatic heterocycles. The molecule has 1 aromatic heterocycles. The van der Waals surface area contributed by atoms with Gasteiger partial charge >= 0.3 is 10.2 Å². The highest BCUT2D eigenvalue weighted by Gasteiger charge is 2.36. The maximum Gasteiger partial charge on any atom is 0.303 e. The van der Waals surface area contributed by atoms with Gasteiger partial charge in [-0.3, -0.25) is 4.31 Å². The molecule has 4 rings (SSSR count). The van der Waals surface area contributed by atoms with Crippen LogP contribution in [0.1, 0.15) is 28.3 Å². The number of phenols is 1. The van der Waals surface area contributed by atoms with Crippen molar-refractivity contribution < 1.29 is 18.3 Å². The van der Waals surface area contributed by atoms with E-state index in [1.807, 2.05) is 24.3 Å². The maximum atomic E-state index is 13.1. The Morgan fingerprint density at radius 3 is 2.72 bits per heavy atom. The summed E-state index contributed by atoms with van der Waals surface area (Å²) in [5.74, 6) is 0.121. The minimum Gasteiger partial charge on any atom is -0.506 e. The molecule has 7 nitrogen and oxygen atoms in total. The van der Waals surface area contributed by atoms with Gasteiger partial charge in [-0.15, -0.1) is 0 Å². The van der Waals surface area contributed by atoms with Crippen LogP contribution >= 0.6 is 0 Å². The van der Waals surface area contributed by atoms with E-state index in [2.05, 4.69) is 4.98 Å². The number of benzene rings is 2. The first-order valence-electron chi connectivity index (χ1n) is 9.14. The number of nitrogens with zero attached hydrogens (tertiary/aromatic N) is 2. The zero-order chi connectivity index (χ0) is 20.8. The lowest BCUT2D eigenvalue weighted by Gasteiger charge is -2.35. The van der Waals surface area contributed by atoms with E-state index in [0.717, 1.165) is 27.6 Å². The number of aromatic amines is 1. The molecule has 8 heteroatoms. The Morgan fingerprint density at radius 1 is 1.21 bits per heavy atom. The van der Waals surface area contributed by atoms with Gasteiger partial charge in [0, 0.05) is 44.6 Å². The lowest BCUT2D eigenvalue weighted by molar-refractivity contribution is 0.185. The number of rotatable bonds is 5. The molecule has 1 aliphatic rings. The van der Waals surface area contributed by atoms with Gasteiger partial charge in [0.1, 0.15) is 5.75 Å². The van der Waals surface area contributed by atoms with E-state index < -0.39 is 16.3 Å². The molecule has 2 heterocycles. The highest BCUT2D eigenvalue weighted by atomic mass is 32.2. The fraction of sp³-hybridized carbons (Fsp3) is 0.238. The zero-order valence-corrected chi connectivity index (χ0v) is 17.3. The van der Waals surface area contributed by atoms with Crippen molar-refractivity contribution in [3.8, 4) is 5.75 Å². The average Bonchev–Trinajstić information content (AvgIpc) is 3.12. The number of hydrogen-bond donors (Lipinski definition) is 2. The third kappa shape index (κ3) is 3.19. The Morgan fingerprint density at radius 2 is 2.00 bits per heavy atom. The molecule has 0 saturated carbocycles. The van der Waals surface area contributed by atoms with Crippen LogP contribution in [0.4, 0.5) is 0 Å². The van der Waals surface area contributed by atoms with Crippen LogP contribution in [0.25, 0.3) is 17.0 Å². The van der Waals surface area contributed by atoms with Gasteiger partial charge in [-0.1, -0.05) is 30.3 Å². The van der Waals surface area contributed by atoms with Crippen LogP contribution in [0.3, 0.4) is 0 Å². The van der Waals surface area contributed by atoms with Gasteiger partial charge in [0.05, 0.1) is 18.2 Å². The Hall–Kier alpha value is -2.81. The molecule has 152 valence electrons. The summed E-state index contributed by atoms with van der Waals surface area (Å²) >= 11 is 0. The molecule has 1 unspecified atom stereocenters. The molecule has 0 bridgehead atoms. The minimum absolute atomic E-state index is 0.121. The summed E-state index contributed by atoms with van der Waals surface area (Å²) in [6, 6.07) is 10.6. The fourth-order valence-electron chi connectivity index (χ4n) is 3.74. The molecule has 0 amide bonds. The predicted octanol–water partition coefficient (Wildman–Crippen LogP) is 3.20. The molecule has 3 aromatic rings. The molecular formula is C21H23N3O4S. The number of fused-ring (bicyclic) bond motifs is 2. The topological polar surface area (TPSA) is 85.9 Å². The largest absolute Gasteiger partial charge is 0.506 e. The number of H-pyrrole nitrogens is 1. The van der Waals surface area contributed by atoms with Gasteiger partial charge in [0.25, 0.3) is 0 Å². The molecule has 2 aromatic carbocycles. The number of nitrogens with one attached hydrogen (secondary N) is 1. The van der Waals surface area contributed by atoms with Crippen molar-refractivity contribution >= 4 is 27.2 Å². The molecule has 1 atom stereocenters. The van der Waals surface area contributed by atoms with E-state index in [1.54, 1.807) is 37.7 Å². The van der Waals surface area contributed by atoms with E-state index in [9.17, 15) is 13.5 Å². The quantitative estimate of drug-likeness (QED) is 0.673. The van der Waals surface area contributed by atoms with Crippen LogP contribution in [-0.4, -0.2) is 48.3 Å². The van der Waals surface area contributed by atoms with Gasteiger partial charge < -0.3 is 14.8 Å². The number of aromatic nitrogens is 1. The summed E-state index contributed by atoms with van der Waals surface area (Å²) in [6.07, 6.45) is 5.16. The predicted molar refractivity (Wildman–Crippen MR) is 112 cm³/mol. The van der Waals surface area contributed by atoms with Crippen molar-refractivity contribution in [2.45, 2.75) is 12.6 Å². The Bertz CT molecular complexity index is 1200. The molecule has 2 N–H and O–H groups in total. The standard InChI is InChI=1S/C21H23N3O4S/c1-23(2)29(26,27)24-10-9-15-8-7-14(13-28-3)11-17(15)21(24)18-12-22-20-16(18)5-4-6-19(20)25/h4-12,21-22,25H,13H2,1-3H3. The maximum absolute atomic E-state index is 13.1. The van der Waals surface area contributed by atoms with E-state index in [-0.39, 0.29) is 5.75 Å². The van der Waals surface area contributed by atoms with Crippen LogP contribution in [0.15, 0.2) is 48.8 Å². The number of methoxy groups -OCH3 is 1. The molecule has 0 fully saturated rings. The molecule has 0 saturated heterocycles. The summed E-state index contributed by atoms with van der Waals surface area (Å²) < 4.78 is 34.1. The molecule has 0 spiro atoms. The number of aromatic hydroxyl groups is 1. The first-order chi connectivity index (χ1) is 13.8. The van der Waals surface area contributed by atoms with Crippen LogP contribution in [0.5, 0.6) is 5.75 Å². The monoisotopic (exact) mass is 413 g/mol. The number of para-hydroxylation sites is 1. The van der Waals surface area contributed by atoms with E-state index in [0.29, 0.717) is 12.1 Å². The van der Waals surface area contributed by atoms with Gasteiger partial charge in [-0.2, -0.15) is 12.7 Å². The van der Waals surface area contributed by atoms with Crippen molar-refractivity contribution in [1.82, 2.24) is 13.6 Å². The van der Waals surface area contributed by atoms with Crippen molar-refractivity contribution in [3.63, 3.8) is 0 Å². The molecule has 0 aliphatic carbocycles. The minimum atomic E-state index is -3.75. The lowest BCUT2D eigenvalue weighted by Crippen LogP contribution is -2.40. The normalized spacial score (nSPS) is 16.6. The lowest BCUT2D eigenvalue weighted by atomic mass is 9.90. The highest BCUT2D eigenvalue weighted by molar-refractivity contribution is 7.86. The first-order valence-corrected chi connectivity index (χ1v) is 10.5. The third-order valence-corrected chi connectivity index (χ3v) is 6.95. The molecular weight excluding hydrogens is 390 g/mol. The van der Waals surface area contributed by atoms with Gasteiger partial charge in [0.2, 0.25) is 0 Å².